The van der Waals surface area contributed by atoms with Gasteiger partial charge in [-0.2, -0.15) is 0 Å². The first-order valence-corrected chi connectivity index (χ1v) is 9.62. The van der Waals surface area contributed by atoms with Crippen LogP contribution in [0, 0.1) is 25.5 Å². The number of aliphatic hydroxyl groups is 6. The molecule has 30 heavy (non-hydrogen) atoms. The summed E-state index contributed by atoms with van der Waals surface area (Å²) in [7, 11) is 0. The molecule has 6 N–H and O–H groups in total. The van der Waals surface area contributed by atoms with Gasteiger partial charge < -0.3 is 30.6 Å². The van der Waals surface area contributed by atoms with Crippen LogP contribution in [0.1, 0.15) is 34.1 Å². The van der Waals surface area contributed by atoms with Gasteiger partial charge in [-0.3, -0.25) is 0 Å². The first-order valence-electron chi connectivity index (χ1n) is 9.62. The van der Waals surface area contributed by atoms with Crippen LogP contribution in [0.15, 0.2) is 36.4 Å². The summed E-state index contributed by atoms with van der Waals surface area (Å²) in [5.41, 5.74) is -6.32. The fourth-order valence-corrected chi connectivity index (χ4v) is 5.53. The lowest BCUT2D eigenvalue weighted by molar-refractivity contribution is -0.459. The number of fused-ring (bicyclic) bond motifs is 1. The molecule has 2 fully saturated rings. The van der Waals surface area contributed by atoms with Gasteiger partial charge in [-0.25, -0.2) is 8.78 Å². The van der Waals surface area contributed by atoms with Crippen molar-refractivity contribution in [1.82, 2.24) is 0 Å². The van der Waals surface area contributed by atoms with Crippen LogP contribution in [0.2, 0.25) is 0 Å². The largest absolute Gasteiger partial charge is 0.394 e. The van der Waals surface area contributed by atoms with Gasteiger partial charge in [0.25, 0.3) is 0 Å². The molecular formula is C22H24F2O6. The lowest BCUT2D eigenvalue weighted by Crippen LogP contribution is -2.99. The average molecular weight is 422 g/mol. The van der Waals surface area contributed by atoms with Gasteiger partial charge >= 0.3 is 0 Å². The standard InChI is InChI=1S/C22H24F2O6/c1-10-7-12(3-5-14(10)23)17-19(27)21(29)18(13-4-6-15(24)11(2)8-13)20(28,16(26)9-25)22(17,21)30/h3-8,16-19,25-30H,9H2,1-2H3/t16-,17?,18?,19?,20+,21+,22+/m1/s1. The highest BCUT2D eigenvalue weighted by molar-refractivity contribution is 5.56. The number of aryl methyl sites for hydroxylation is 2. The van der Waals surface area contributed by atoms with Crippen molar-refractivity contribution in [1.29, 1.82) is 0 Å². The van der Waals surface area contributed by atoms with Crippen molar-refractivity contribution in [2.45, 2.75) is 54.7 Å². The SMILES string of the molecule is Cc1cc(C2C(O)[C@@]3(O)C(c4ccc(F)c(C)c4)[C@@](O)([C@H](O)CO)[C@@]23O)ccc1F. The Kier molecular flexibility index (Phi) is 4.63. The zero-order valence-electron chi connectivity index (χ0n) is 16.4. The molecule has 8 heteroatoms. The maximum Gasteiger partial charge on any atom is 0.138 e. The fourth-order valence-electron chi connectivity index (χ4n) is 5.53. The monoisotopic (exact) mass is 422 g/mol. The summed E-state index contributed by atoms with van der Waals surface area (Å²) in [6.07, 6.45) is -3.46. The van der Waals surface area contributed by atoms with Gasteiger partial charge in [0.15, 0.2) is 0 Å². The molecular weight excluding hydrogens is 398 g/mol. The van der Waals surface area contributed by atoms with E-state index in [-0.39, 0.29) is 22.3 Å². The van der Waals surface area contributed by atoms with Crippen molar-refractivity contribution in [2.75, 3.05) is 6.61 Å². The number of aliphatic hydroxyl groups excluding tert-OH is 3. The average Bonchev–Trinajstić information content (AvgIpc) is 2.72. The van der Waals surface area contributed by atoms with Crippen LogP contribution in [-0.4, -0.2) is 66.3 Å². The van der Waals surface area contributed by atoms with Gasteiger partial charge in [-0.15, -0.1) is 0 Å². The molecule has 2 saturated carbocycles. The number of hydrogen-bond donors (Lipinski definition) is 6. The van der Waals surface area contributed by atoms with E-state index in [1.165, 1.54) is 38.1 Å². The number of rotatable bonds is 4. The van der Waals surface area contributed by atoms with E-state index in [1.807, 2.05) is 0 Å². The van der Waals surface area contributed by atoms with Gasteiger partial charge in [-0.05, 0) is 48.2 Å². The highest BCUT2D eigenvalue weighted by Gasteiger charge is 2.93. The summed E-state index contributed by atoms with van der Waals surface area (Å²) in [5, 5.41) is 65.0. The Bertz CT molecular complexity index is 1010. The van der Waals surface area contributed by atoms with Crippen LogP contribution in [-0.2, 0) is 0 Å². The maximum absolute atomic E-state index is 13.7. The third kappa shape index (κ3) is 2.21. The van der Waals surface area contributed by atoms with Crippen molar-refractivity contribution < 1.29 is 39.4 Å². The highest BCUT2D eigenvalue weighted by atomic mass is 19.1. The Hall–Kier alpha value is -1.94. The number of hydrogen-bond acceptors (Lipinski definition) is 6. The summed E-state index contributed by atoms with van der Waals surface area (Å²) in [6, 6.07) is 7.56. The Morgan fingerprint density at radius 1 is 0.933 bits per heavy atom. The molecule has 0 amide bonds. The second-order valence-electron chi connectivity index (χ2n) is 8.49. The van der Waals surface area contributed by atoms with Crippen molar-refractivity contribution in [2.24, 2.45) is 0 Å². The minimum Gasteiger partial charge on any atom is -0.394 e. The van der Waals surface area contributed by atoms with E-state index in [0.717, 1.165) is 12.1 Å². The van der Waals surface area contributed by atoms with Crippen molar-refractivity contribution in [3.05, 3.63) is 70.3 Å². The molecule has 2 aromatic rings. The molecule has 6 nitrogen and oxygen atoms in total. The molecule has 2 aliphatic rings. The highest BCUT2D eigenvalue weighted by Crippen LogP contribution is 2.75. The topological polar surface area (TPSA) is 121 Å². The molecule has 0 aliphatic heterocycles. The molecule has 7 atom stereocenters. The Morgan fingerprint density at radius 2 is 1.43 bits per heavy atom. The molecule has 2 aromatic carbocycles. The summed E-state index contributed by atoms with van der Waals surface area (Å²) < 4.78 is 27.4. The molecule has 3 unspecified atom stereocenters. The quantitative estimate of drug-likeness (QED) is 0.424. The first-order chi connectivity index (χ1) is 14.0. The van der Waals surface area contributed by atoms with Gasteiger partial charge in [0.05, 0.1) is 18.6 Å². The van der Waals surface area contributed by atoms with Gasteiger partial charge in [0.1, 0.15) is 34.5 Å². The van der Waals surface area contributed by atoms with Crippen molar-refractivity contribution in [3.63, 3.8) is 0 Å². The van der Waals surface area contributed by atoms with Crippen LogP contribution in [0.3, 0.4) is 0 Å². The maximum atomic E-state index is 13.7. The Morgan fingerprint density at radius 3 is 1.93 bits per heavy atom. The molecule has 0 bridgehead atoms. The van der Waals surface area contributed by atoms with Crippen LogP contribution < -0.4 is 0 Å². The first kappa shape index (κ1) is 21.3. The molecule has 2 aliphatic carbocycles. The zero-order valence-corrected chi connectivity index (χ0v) is 16.4. The second kappa shape index (κ2) is 6.53. The van der Waals surface area contributed by atoms with Crippen LogP contribution in [0.25, 0.3) is 0 Å². The Labute approximate surface area is 171 Å². The zero-order chi connectivity index (χ0) is 22.2. The lowest BCUT2D eigenvalue weighted by atomic mass is 9.30. The molecule has 0 heterocycles. The minimum atomic E-state index is -2.47. The van der Waals surface area contributed by atoms with Crippen molar-refractivity contribution in [3.8, 4) is 0 Å². The predicted molar refractivity (Wildman–Crippen MR) is 102 cm³/mol. The molecule has 4 rings (SSSR count). The lowest BCUT2D eigenvalue weighted by Gasteiger charge is -2.80. The van der Waals surface area contributed by atoms with E-state index in [9.17, 15) is 39.4 Å². The van der Waals surface area contributed by atoms with E-state index >= 15 is 0 Å². The summed E-state index contributed by atoms with van der Waals surface area (Å²) in [4.78, 5) is 0. The molecule has 162 valence electrons. The van der Waals surface area contributed by atoms with E-state index in [0.29, 0.717) is 0 Å². The van der Waals surface area contributed by atoms with E-state index in [1.54, 1.807) is 0 Å². The predicted octanol–water partition coefficient (Wildman–Crippen LogP) is 0.384. The van der Waals surface area contributed by atoms with Gasteiger partial charge in [0, 0.05) is 5.92 Å². The second-order valence-corrected chi connectivity index (χ2v) is 8.49. The fraction of sp³-hybridized carbons (Fsp3) is 0.455. The summed E-state index contributed by atoms with van der Waals surface area (Å²) >= 11 is 0. The third-order valence-electron chi connectivity index (χ3n) is 7.06. The number of benzene rings is 2. The van der Waals surface area contributed by atoms with Crippen LogP contribution in [0.4, 0.5) is 8.78 Å². The van der Waals surface area contributed by atoms with Crippen molar-refractivity contribution >= 4 is 0 Å². The van der Waals surface area contributed by atoms with Crippen LogP contribution >= 0.6 is 0 Å². The molecule has 0 aromatic heterocycles. The minimum absolute atomic E-state index is 0.184. The molecule has 0 spiro atoms. The molecule has 0 radical (unpaired) electrons. The smallest absolute Gasteiger partial charge is 0.138 e. The van der Waals surface area contributed by atoms with Gasteiger partial charge in [0.2, 0.25) is 0 Å². The van der Waals surface area contributed by atoms with E-state index in [2.05, 4.69) is 0 Å². The normalized spacial score (nSPS) is 38.4. The number of halogens is 2. The third-order valence-corrected chi connectivity index (χ3v) is 7.06. The van der Waals surface area contributed by atoms with E-state index < -0.39 is 59.1 Å². The summed E-state index contributed by atoms with van der Waals surface area (Å²) in [5.74, 6) is -3.70. The molecule has 0 saturated heterocycles. The van der Waals surface area contributed by atoms with E-state index in [4.69, 9.17) is 0 Å². The Balaban J connectivity index is 1.87. The van der Waals surface area contributed by atoms with Crippen LogP contribution in [0.5, 0.6) is 0 Å². The van der Waals surface area contributed by atoms with Gasteiger partial charge in [-0.1, -0.05) is 24.3 Å². The summed E-state index contributed by atoms with van der Waals surface area (Å²) in [6.45, 7) is 2.02.